The molecule has 1 aromatic carbocycles. The van der Waals surface area contributed by atoms with Crippen LogP contribution >= 0.6 is 11.8 Å². The van der Waals surface area contributed by atoms with E-state index in [-0.39, 0.29) is 12.1 Å². The van der Waals surface area contributed by atoms with Gasteiger partial charge in [0, 0.05) is 45.9 Å². The van der Waals surface area contributed by atoms with Crippen molar-refractivity contribution in [3.05, 3.63) is 71.1 Å². The second-order valence-corrected chi connectivity index (χ2v) is 12.1. The molecule has 40 heavy (non-hydrogen) atoms. The van der Waals surface area contributed by atoms with Crippen LogP contribution in [-0.2, 0) is 4.74 Å². The third-order valence-corrected chi connectivity index (χ3v) is 8.13. The normalized spacial score (nSPS) is 14.2. The Kier molecular flexibility index (Phi) is 7.31. The smallest absolute Gasteiger partial charge is 0.410 e. The monoisotopic (exact) mass is 553 g/mol. The highest BCUT2D eigenvalue weighted by atomic mass is 32.2. The molecule has 1 fully saturated rings. The van der Waals surface area contributed by atoms with Gasteiger partial charge in [0.15, 0.2) is 0 Å². The van der Waals surface area contributed by atoms with Gasteiger partial charge in [0.2, 0.25) is 5.69 Å². The summed E-state index contributed by atoms with van der Waals surface area (Å²) >= 11 is 1.47. The van der Waals surface area contributed by atoms with E-state index in [0.29, 0.717) is 29.9 Å². The van der Waals surface area contributed by atoms with E-state index in [9.17, 15) is 10.1 Å². The molecule has 0 atom stereocenters. The lowest BCUT2D eigenvalue weighted by Crippen LogP contribution is -2.42. The molecule has 5 rings (SSSR count). The van der Waals surface area contributed by atoms with Gasteiger partial charge in [-0.25, -0.2) is 14.2 Å². The zero-order valence-electron chi connectivity index (χ0n) is 23.3. The third-order valence-electron chi connectivity index (χ3n) is 7.05. The highest BCUT2D eigenvalue weighted by Crippen LogP contribution is 2.41. The van der Waals surface area contributed by atoms with Crippen LogP contribution in [0.1, 0.15) is 56.5 Å². The first-order valence-corrected chi connectivity index (χ1v) is 14.0. The fraction of sp³-hybridized carbons (Fsp3) is 0.367. The van der Waals surface area contributed by atoms with Crippen LogP contribution in [0.15, 0.2) is 52.6 Å². The van der Waals surface area contributed by atoms with Crippen molar-refractivity contribution in [1.29, 1.82) is 5.26 Å². The minimum atomic E-state index is -0.515. The number of likely N-dealkylation sites (tertiary alicyclic amines) is 1. The molecule has 0 bridgehead atoms. The molecule has 10 heteroatoms. The minimum absolute atomic E-state index is 0.174. The van der Waals surface area contributed by atoms with Crippen LogP contribution in [0.25, 0.3) is 21.5 Å². The lowest BCUT2D eigenvalue weighted by atomic mass is 10.0. The first kappa shape index (κ1) is 27.3. The van der Waals surface area contributed by atoms with Crippen LogP contribution in [0.4, 0.5) is 10.5 Å². The number of ether oxygens (including phenoxy) is 1. The van der Waals surface area contributed by atoms with Gasteiger partial charge in [0.1, 0.15) is 11.7 Å². The number of para-hydroxylation sites is 1. The first-order chi connectivity index (χ1) is 19.1. The van der Waals surface area contributed by atoms with Gasteiger partial charge in [-0.2, -0.15) is 15.5 Å². The number of hydrogen-bond donors (Lipinski definition) is 0. The number of hydrogen-bond acceptors (Lipinski definition) is 6. The molecule has 0 N–H and O–H groups in total. The molecule has 1 aliphatic heterocycles. The molecule has 4 aromatic rings. The Labute approximate surface area is 238 Å². The number of amides is 1. The Balaban J connectivity index is 1.45. The molecule has 0 spiro atoms. The molecule has 0 aliphatic carbocycles. The number of pyridine rings is 1. The SMILES string of the molecule is [C-]#[N+]c1c(C)cccc1Sc1cc(-c2cnn(C3CCN(C(=O)OC(C)(C)C)CC3)c2C)cn2ncc(C#N)c12. The van der Waals surface area contributed by atoms with Crippen molar-refractivity contribution in [3.63, 3.8) is 0 Å². The molecule has 1 saturated heterocycles. The van der Waals surface area contributed by atoms with Gasteiger partial charge in [-0.3, -0.25) is 4.68 Å². The number of carbonyl (C=O) groups excluding carboxylic acids is 1. The fourth-order valence-electron chi connectivity index (χ4n) is 5.06. The van der Waals surface area contributed by atoms with Gasteiger partial charge in [0.05, 0.1) is 36.1 Å². The number of nitriles is 1. The van der Waals surface area contributed by atoms with Gasteiger partial charge in [-0.05, 0) is 59.1 Å². The van der Waals surface area contributed by atoms with Crippen molar-refractivity contribution in [1.82, 2.24) is 24.3 Å². The standard InChI is InChI=1S/C30H31N7O2S/c1-19-8-7-9-25(27(19)32-6)40-26-14-21(18-36-28(26)22(15-31)16-33-36)24-17-34-37(20(24)2)23-10-12-35(13-11-23)29(38)39-30(3,4)5/h7-9,14,16-18,23H,10-13H2,1-5H3. The van der Waals surface area contributed by atoms with Crippen molar-refractivity contribution >= 4 is 29.1 Å². The van der Waals surface area contributed by atoms with Crippen molar-refractivity contribution in [2.75, 3.05) is 13.1 Å². The van der Waals surface area contributed by atoms with Crippen molar-refractivity contribution in [2.24, 2.45) is 0 Å². The molecular formula is C30H31N7O2S. The maximum absolute atomic E-state index is 12.5. The predicted octanol–water partition coefficient (Wildman–Crippen LogP) is 6.96. The van der Waals surface area contributed by atoms with Crippen molar-refractivity contribution in [2.45, 2.75) is 68.9 Å². The number of benzene rings is 1. The average molecular weight is 554 g/mol. The summed E-state index contributed by atoms with van der Waals surface area (Å²) < 4.78 is 9.33. The number of rotatable bonds is 4. The Morgan fingerprint density at radius 2 is 1.93 bits per heavy atom. The first-order valence-electron chi connectivity index (χ1n) is 13.2. The third kappa shape index (κ3) is 5.28. The van der Waals surface area contributed by atoms with Crippen molar-refractivity contribution in [3.8, 4) is 17.2 Å². The fourth-order valence-corrected chi connectivity index (χ4v) is 6.23. The highest BCUT2D eigenvalue weighted by molar-refractivity contribution is 7.99. The molecule has 9 nitrogen and oxygen atoms in total. The summed E-state index contributed by atoms with van der Waals surface area (Å²) in [5.74, 6) is 0. The molecule has 0 saturated carbocycles. The van der Waals surface area contributed by atoms with E-state index in [0.717, 1.165) is 45.0 Å². The number of aromatic nitrogens is 4. The van der Waals surface area contributed by atoms with Gasteiger partial charge >= 0.3 is 6.09 Å². The van der Waals surface area contributed by atoms with Gasteiger partial charge in [-0.15, -0.1) is 0 Å². The maximum atomic E-state index is 12.5. The van der Waals surface area contributed by atoms with Crippen molar-refractivity contribution < 1.29 is 9.53 Å². The molecule has 0 radical (unpaired) electrons. The highest BCUT2D eigenvalue weighted by Gasteiger charge is 2.29. The summed E-state index contributed by atoms with van der Waals surface area (Å²) in [5.41, 5.74) is 5.13. The molecule has 1 amide bonds. The van der Waals surface area contributed by atoms with E-state index >= 15 is 0 Å². The van der Waals surface area contributed by atoms with E-state index in [4.69, 9.17) is 16.4 Å². The Hall–Kier alpha value is -4.28. The number of piperidine rings is 1. The maximum Gasteiger partial charge on any atom is 0.410 e. The summed E-state index contributed by atoms with van der Waals surface area (Å²) in [5, 5.41) is 19.0. The topological polar surface area (TPSA) is 92.8 Å². The van der Waals surface area contributed by atoms with E-state index < -0.39 is 5.60 Å². The molecule has 3 aromatic heterocycles. The van der Waals surface area contributed by atoms with Gasteiger partial charge in [-0.1, -0.05) is 30.0 Å². The number of fused-ring (bicyclic) bond motifs is 1. The molecule has 1 aliphatic rings. The molecular weight excluding hydrogens is 522 g/mol. The van der Waals surface area contributed by atoms with E-state index in [2.05, 4.69) is 33.7 Å². The number of carbonyl (C=O) groups is 1. The summed E-state index contributed by atoms with van der Waals surface area (Å²) in [6.07, 6.45) is 6.68. The van der Waals surface area contributed by atoms with E-state index in [1.165, 1.54) is 11.8 Å². The minimum Gasteiger partial charge on any atom is -0.444 e. The second-order valence-electron chi connectivity index (χ2n) is 11.0. The summed E-state index contributed by atoms with van der Waals surface area (Å²) in [7, 11) is 0. The van der Waals surface area contributed by atoms with E-state index in [1.54, 1.807) is 15.6 Å². The Morgan fingerprint density at radius 3 is 2.60 bits per heavy atom. The molecule has 4 heterocycles. The van der Waals surface area contributed by atoms with Crippen LogP contribution in [0, 0.1) is 31.8 Å². The van der Waals surface area contributed by atoms with Gasteiger partial charge < -0.3 is 9.64 Å². The largest absolute Gasteiger partial charge is 0.444 e. The summed E-state index contributed by atoms with van der Waals surface area (Å²) in [6, 6.07) is 10.3. The average Bonchev–Trinajstić information content (AvgIpc) is 3.51. The molecule has 0 unspecified atom stereocenters. The zero-order valence-corrected chi connectivity index (χ0v) is 24.1. The number of nitrogens with zero attached hydrogens (tertiary/aromatic N) is 7. The van der Waals surface area contributed by atoms with Crippen LogP contribution < -0.4 is 0 Å². The summed E-state index contributed by atoms with van der Waals surface area (Å²) in [4.78, 5) is 19.7. The van der Waals surface area contributed by atoms with Crippen LogP contribution in [0.2, 0.25) is 0 Å². The zero-order chi connectivity index (χ0) is 28.6. The Morgan fingerprint density at radius 1 is 1.18 bits per heavy atom. The van der Waals surface area contributed by atoms with Crippen LogP contribution in [0.5, 0.6) is 0 Å². The molecule has 204 valence electrons. The lowest BCUT2D eigenvalue weighted by molar-refractivity contribution is 0.0184. The predicted molar refractivity (Wildman–Crippen MR) is 154 cm³/mol. The van der Waals surface area contributed by atoms with Gasteiger partial charge in [0.25, 0.3) is 0 Å². The van der Waals surface area contributed by atoms with Crippen LogP contribution in [-0.4, -0.2) is 49.1 Å². The lowest BCUT2D eigenvalue weighted by Gasteiger charge is -2.33. The van der Waals surface area contributed by atoms with Crippen LogP contribution in [0.3, 0.4) is 0 Å². The second kappa shape index (κ2) is 10.7. The van der Waals surface area contributed by atoms with E-state index in [1.807, 2.05) is 58.3 Å². The number of aryl methyl sites for hydroxylation is 1. The Bertz CT molecular complexity index is 1680. The quantitative estimate of drug-likeness (QED) is 0.254. The summed E-state index contributed by atoms with van der Waals surface area (Å²) in [6.45, 7) is 18.5.